The third-order valence-corrected chi connectivity index (χ3v) is 5.86. The molecular weight excluding hydrogens is 400 g/mol. The Morgan fingerprint density at radius 3 is 2.09 bits per heavy atom. The molecule has 4 rings (SSSR count). The monoisotopic (exact) mass is 428 g/mol. The highest BCUT2D eigenvalue weighted by Crippen LogP contribution is 2.30. The Kier molecular flexibility index (Phi) is 6.40. The van der Waals surface area contributed by atoms with Crippen LogP contribution >= 0.6 is 0 Å². The van der Waals surface area contributed by atoms with Gasteiger partial charge in [0.15, 0.2) is 5.78 Å². The van der Waals surface area contributed by atoms with E-state index in [1.165, 1.54) is 0 Å². The van der Waals surface area contributed by atoms with E-state index in [1.54, 1.807) is 6.92 Å². The van der Waals surface area contributed by atoms with E-state index in [0.29, 0.717) is 18.7 Å². The first-order chi connectivity index (χ1) is 15.5. The summed E-state index contributed by atoms with van der Waals surface area (Å²) in [6.07, 6.45) is 0. The number of carbonyl (C=O) groups excluding carboxylic acids is 2. The van der Waals surface area contributed by atoms with Crippen molar-refractivity contribution in [2.24, 2.45) is 0 Å². The normalized spacial score (nSPS) is 13.6. The molecule has 1 fully saturated rings. The molecule has 6 nitrogen and oxygen atoms in total. The lowest BCUT2D eigenvalue weighted by molar-refractivity contribution is 0.101. The van der Waals surface area contributed by atoms with Crippen molar-refractivity contribution in [2.45, 2.75) is 6.92 Å². The molecule has 0 aromatic heterocycles. The minimum atomic E-state index is -0.0921. The number of para-hydroxylation sites is 3. The van der Waals surface area contributed by atoms with E-state index in [-0.39, 0.29) is 11.8 Å². The van der Waals surface area contributed by atoms with Gasteiger partial charge in [0.1, 0.15) is 0 Å². The van der Waals surface area contributed by atoms with Gasteiger partial charge in [0.2, 0.25) is 0 Å². The van der Waals surface area contributed by atoms with Gasteiger partial charge >= 0.3 is 6.03 Å². The third kappa shape index (κ3) is 4.75. The van der Waals surface area contributed by atoms with Crippen LogP contribution in [0.3, 0.4) is 0 Å². The molecule has 1 aliphatic rings. The van der Waals surface area contributed by atoms with Gasteiger partial charge in [-0.2, -0.15) is 0 Å². The number of piperazine rings is 1. The highest BCUT2D eigenvalue weighted by Gasteiger charge is 2.22. The highest BCUT2D eigenvalue weighted by molar-refractivity contribution is 5.95. The van der Waals surface area contributed by atoms with Crippen molar-refractivity contribution in [1.29, 1.82) is 0 Å². The summed E-state index contributed by atoms with van der Waals surface area (Å²) in [6, 6.07) is 25.5. The van der Waals surface area contributed by atoms with Crippen molar-refractivity contribution in [3.05, 3.63) is 84.4 Å². The van der Waals surface area contributed by atoms with Crippen LogP contribution in [-0.2, 0) is 0 Å². The summed E-state index contributed by atoms with van der Waals surface area (Å²) in [5.41, 5.74) is 4.57. The van der Waals surface area contributed by atoms with Gasteiger partial charge in [-0.25, -0.2) is 4.79 Å². The number of ketones is 1. The molecule has 0 spiro atoms. The molecule has 1 saturated heterocycles. The van der Waals surface area contributed by atoms with Gasteiger partial charge in [0.05, 0.1) is 11.4 Å². The number of rotatable bonds is 5. The number of nitrogens with one attached hydrogen (secondary N) is 1. The first kappa shape index (κ1) is 21.4. The second-order valence-corrected chi connectivity index (χ2v) is 7.92. The van der Waals surface area contributed by atoms with Crippen LogP contribution in [0.5, 0.6) is 0 Å². The first-order valence-corrected chi connectivity index (χ1v) is 10.8. The zero-order chi connectivity index (χ0) is 22.5. The van der Waals surface area contributed by atoms with Crippen LogP contribution in [0.1, 0.15) is 17.3 Å². The zero-order valence-electron chi connectivity index (χ0n) is 18.5. The van der Waals surface area contributed by atoms with E-state index in [4.69, 9.17) is 0 Å². The Labute approximate surface area is 189 Å². The average Bonchev–Trinajstić information content (AvgIpc) is 2.84. The summed E-state index contributed by atoms with van der Waals surface area (Å²) in [7, 11) is 2.00. The molecule has 32 heavy (non-hydrogen) atoms. The molecule has 0 unspecified atom stereocenters. The maximum absolute atomic E-state index is 13.0. The van der Waals surface area contributed by atoms with Gasteiger partial charge in [0.25, 0.3) is 0 Å². The smallest absolute Gasteiger partial charge is 0.322 e. The molecule has 0 saturated carbocycles. The first-order valence-electron chi connectivity index (χ1n) is 10.8. The maximum Gasteiger partial charge on any atom is 0.322 e. The Hall–Kier alpha value is -3.80. The largest absolute Gasteiger partial charge is 0.368 e. The molecule has 0 aliphatic carbocycles. The Morgan fingerprint density at radius 2 is 1.44 bits per heavy atom. The predicted octanol–water partition coefficient (Wildman–Crippen LogP) is 5.01. The molecule has 3 aromatic rings. The SMILES string of the molecule is CC(=O)c1ccc(N2CCN(C(=O)Nc3ccccc3N(C)c3ccccc3)CC2)cc1. The molecule has 6 heteroatoms. The lowest BCUT2D eigenvalue weighted by Crippen LogP contribution is -2.50. The molecule has 0 radical (unpaired) electrons. The number of hydrogen-bond donors (Lipinski definition) is 1. The Bertz CT molecular complexity index is 1070. The fourth-order valence-electron chi connectivity index (χ4n) is 3.93. The minimum absolute atomic E-state index is 0.0660. The molecule has 0 atom stereocenters. The van der Waals surface area contributed by atoms with E-state index in [1.807, 2.05) is 90.8 Å². The van der Waals surface area contributed by atoms with E-state index < -0.39 is 0 Å². The zero-order valence-corrected chi connectivity index (χ0v) is 18.5. The summed E-state index contributed by atoms with van der Waals surface area (Å²) in [6.45, 7) is 4.34. The summed E-state index contributed by atoms with van der Waals surface area (Å²) < 4.78 is 0. The van der Waals surface area contributed by atoms with Crippen LogP contribution in [0.15, 0.2) is 78.9 Å². The molecule has 2 amide bonds. The van der Waals surface area contributed by atoms with E-state index in [0.717, 1.165) is 35.8 Å². The molecule has 0 bridgehead atoms. The molecule has 1 aliphatic heterocycles. The van der Waals surface area contributed by atoms with Gasteiger partial charge in [-0.1, -0.05) is 30.3 Å². The van der Waals surface area contributed by atoms with E-state index in [2.05, 4.69) is 15.1 Å². The molecule has 1 N–H and O–H groups in total. The third-order valence-electron chi connectivity index (χ3n) is 5.86. The fraction of sp³-hybridized carbons (Fsp3) is 0.231. The molecular formula is C26H28N4O2. The van der Waals surface area contributed by atoms with Crippen molar-refractivity contribution in [3.8, 4) is 0 Å². The number of amides is 2. The number of urea groups is 1. The van der Waals surface area contributed by atoms with Crippen LogP contribution in [0.4, 0.5) is 27.5 Å². The topological polar surface area (TPSA) is 55.9 Å². The fourth-order valence-corrected chi connectivity index (χ4v) is 3.93. The second kappa shape index (κ2) is 9.56. The number of hydrogen-bond acceptors (Lipinski definition) is 4. The van der Waals surface area contributed by atoms with E-state index >= 15 is 0 Å². The minimum Gasteiger partial charge on any atom is -0.368 e. The van der Waals surface area contributed by atoms with Crippen molar-refractivity contribution in [1.82, 2.24) is 4.90 Å². The quantitative estimate of drug-likeness (QED) is 0.581. The molecule has 3 aromatic carbocycles. The second-order valence-electron chi connectivity index (χ2n) is 7.92. The van der Waals surface area contributed by atoms with Gasteiger partial charge in [-0.3, -0.25) is 4.79 Å². The van der Waals surface area contributed by atoms with Gasteiger partial charge in [0, 0.05) is 50.2 Å². The van der Waals surface area contributed by atoms with Crippen molar-refractivity contribution in [3.63, 3.8) is 0 Å². The van der Waals surface area contributed by atoms with Gasteiger partial charge in [-0.15, -0.1) is 0 Å². The summed E-state index contributed by atoms with van der Waals surface area (Å²) >= 11 is 0. The standard InChI is InChI=1S/C26H28N4O2/c1-20(31)21-12-14-23(15-13-21)29-16-18-30(19-17-29)26(32)27-24-10-6-7-11-25(24)28(2)22-8-4-3-5-9-22/h3-15H,16-19H2,1-2H3,(H,27,32). The number of benzene rings is 3. The van der Waals surface area contributed by atoms with Gasteiger partial charge < -0.3 is 20.0 Å². The average molecular weight is 429 g/mol. The lowest BCUT2D eigenvalue weighted by atomic mass is 10.1. The van der Waals surface area contributed by atoms with Crippen LogP contribution in [0, 0.1) is 0 Å². The van der Waals surface area contributed by atoms with Crippen molar-refractivity contribution in [2.75, 3.05) is 48.3 Å². The molecule has 164 valence electrons. The highest BCUT2D eigenvalue weighted by atomic mass is 16.2. The number of carbonyl (C=O) groups is 2. The maximum atomic E-state index is 13.0. The van der Waals surface area contributed by atoms with Gasteiger partial charge in [-0.05, 0) is 55.5 Å². The van der Waals surface area contributed by atoms with E-state index in [9.17, 15) is 9.59 Å². The van der Waals surface area contributed by atoms with Crippen molar-refractivity contribution < 1.29 is 9.59 Å². The van der Waals surface area contributed by atoms with Crippen LogP contribution < -0.4 is 15.1 Å². The number of Topliss-reactive ketones (excluding diaryl/α,β-unsaturated/α-hetero) is 1. The van der Waals surface area contributed by atoms with Crippen LogP contribution in [0.2, 0.25) is 0 Å². The molecule has 1 heterocycles. The van der Waals surface area contributed by atoms with Crippen LogP contribution in [-0.4, -0.2) is 49.9 Å². The van der Waals surface area contributed by atoms with Crippen LogP contribution in [0.25, 0.3) is 0 Å². The summed E-state index contributed by atoms with van der Waals surface area (Å²) in [5.74, 6) is 0.0660. The number of nitrogens with zero attached hydrogens (tertiary/aromatic N) is 3. The predicted molar refractivity (Wildman–Crippen MR) is 130 cm³/mol. The summed E-state index contributed by atoms with van der Waals surface area (Å²) in [5, 5.41) is 3.09. The Balaban J connectivity index is 1.39. The van der Waals surface area contributed by atoms with Crippen molar-refractivity contribution >= 4 is 34.6 Å². The summed E-state index contributed by atoms with van der Waals surface area (Å²) in [4.78, 5) is 30.6. The Morgan fingerprint density at radius 1 is 0.812 bits per heavy atom. The number of anilines is 4. The lowest BCUT2D eigenvalue weighted by Gasteiger charge is -2.36.